The summed E-state index contributed by atoms with van der Waals surface area (Å²) in [4.78, 5) is 26.0. The molecule has 0 unspecified atom stereocenters. The van der Waals surface area contributed by atoms with Crippen molar-refractivity contribution in [3.05, 3.63) is 65.6 Å². The Morgan fingerprint density at radius 3 is 2.50 bits per heavy atom. The van der Waals surface area contributed by atoms with Crippen molar-refractivity contribution in [1.82, 2.24) is 24.6 Å². The number of rotatable bonds is 5. The van der Waals surface area contributed by atoms with Crippen LogP contribution in [-0.2, 0) is 0 Å². The molecule has 1 amide bonds. The van der Waals surface area contributed by atoms with Crippen LogP contribution in [0.2, 0.25) is 5.02 Å². The molecular weight excluding hydrogens is 456 g/mol. The Kier molecular flexibility index (Phi) is 5.93. The van der Waals surface area contributed by atoms with Crippen LogP contribution in [0.1, 0.15) is 10.4 Å². The van der Waals surface area contributed by atoms with Crippen molar-refractivity contribution in [1.29, 1.82) is 0 Å². The highest BCUT2D eigenvalue weighted by atomic mass is 35.5. The molecular formula is C24H23ClN6O3. The van der Waals surface area contributed by atoms with E-state index in [9.17, 15) is 4.79 Å². The Balaban J connectivity index is 1.34. The van der Waals surface area contributed by atoms with E-state index in [1.165, 1.54) is 0 Å². The summed E-state index contributed by atoms with van der Waals surface area (Å²) in [5.74, 6) is 1.89. The van der Waals surface area contributed by atoms with Gasteiger partial charge >= 0.3 is 0 Å². The van der Waals surface area contributed by atoms with Crippen molar-refractivity contribution in [2.45, 2.75) is 0 Å². The van der Waals surface area contributed by atoms with Crippen LogP contribution in [0.25, 0.3) is 16.7 Å². The largest absolute Gasteiger partial charge is 0.493 e. The molecule has 0 N–H and O–H groups in total. The summed E-state index contributed by atoms with van der Waals surface area (Å²) in [6.45, 7) is 2.43. The first-order chi connectivity index (χ1) is 16.6. The molecule has 0 bridgehead atoms. The van der Waals surface area contributed by atoms with E-state index in [0.29, 0.717) is 53.9 Å². The fourth-order valence-electron chi connectivity index (χ4n) is 4.15. The van der Waals surface area contributed by atoms with Crippen LogP contribution in [0.3, 0.4) is 0 Å². The summed E-state index contributed by atoms with van der Waals surface area (Å²) in [7, 11) is 3.13. The number of fused-ring (bicyclic) bond motifs is 1. The van der Waals surface area contributed by atoms with Crippen LogP contribution < -0.4 is 14.4 Å². The van der Waals surface area contributed by atoms with Gasteiger partial charge in [-0.15, -0.1) is 0 Å². The Bertz CT molecular complexity index is 1350. The number of hydrogen-bond donors (Lipinski definition) is 0. The Morgan fingerprint density at radius 2 is 1.76 bits per heavy atom. The van der Waals surface area contributed by atoms with Crippen LogP contribution in [-0.4, -0.2) is 71.0 Å². The third-order valence-corrected chi connectivity index (χ3v) is 6.13. The molecule has 2 aromatic carbocycles. The van der Waals surface area contributed by atoms with Crippen molar-refractivity contribution in [3.63, 3.8) is 0 Å². The number of methoxy groups -OCH3 is 2. The van der Waals surface area contributed by atoms with Gasteiger partial charge in [-0.2, -0.15) is 5.10 Å². The quantitative estimate of drug-likeness (QED) is 0.434. The number of ether oxygens (including phenoxy) is 2. The van der Waals surface area contributed by atoms with Gasteiger partial charge in [0.1, 0.15) is 12.1 Å². The third-order valence-electron chi connectivity index (χ3n) is 5.89. The number of nitrogens with zero attached hydrogens (tertiary/aromatic N) is 6. The molecule has 34 heavy (non-hydrogen) atoms. The zero-order chi connectivity index (χ0) is 23.7. The molecule has 174 valence electrons. The van der Waals surface area contributed by atoms with E-state index >= 15 is 0 Å². The van der Waals surface area contributed by atoms with Gasteiger partial charge < -0.3 is 19.3 Å². The average molecular weight is 479 g/mol. The Morgan fingerprint density at radius 1 is 0.971 bits per heavy atom. The van der Waals surface area contributed by atoms with Crippen molar-refractivity contribution in [2.75, 3.05) is 45.3 Å². The van der Waals surface area contributed by atoms with Gasteiger partial charge in [0.2, 0.25) is 0 Å². The third kappa shape index (κ3) is 3.99. The second kappa shape index (κ2) is 9.18. The predicted molar refractivity (Wildman–Crippen MR) is 129 cm³/mol. The molecule has 0 atom stereocenters. The van der Waals surface area contributed by atoms with Crippen LogP contribution in [0, 0.1) is 0 Å². The molecule has 1 fully saturated rings. The number of hydrogen-bond acceptors (Lipinski definition) is 7. The molecule has 5 rings (SSSR count). The maximum atomic E-state index is 13.1. The van der Waals surface area contributed by atoms with E-state index in [2.05, 4.69) is 20.0 Å². The first-order valence-corrected chi connectivity index (χ1v) is 11.2. The number of halogens is 1. The molecule has 0 radical (unpaired) electrons. The fourth-order valence-corrected chi connectivity index (χ4v) is 4.34. The van der Waals surface area contributed by atoms with Crippen LogP contribution >= 0.6 is 11.6 Å². The summed E-state index contributed by atoms with van der Waals surface area (Å²) in [5.41, 5.74) is 2.10. The molecule has 1 saturated heterocycles. The topological polar surface area (TPSA) is 85.6 Å². The summed E-state index contributed by atoms with van der Waals surface area (Å²) >= 11 is 6.15. The monoisotopic (exact) mass is 478 g/mol. The standard InChI is InChI=1S/C24H23ClN6O3/c1-33-20-7-6-16(12-21(20)34-2)24(32)30-10-8-29(9-11-30)22-19-14-28-31(23(19)27-15-26-22)18-5-3-4-17(25)13-18/h3-7,12-15H,8-11H2,1-2H3. The van der Waals surface area contributed by atoms with Crippen LogP contribution in [0.4, 0.5) is 5.82 Å². The number of aromatic nitrogens is 4. The van der Waals surface area contributed by atoms with Crippen molar-refractivity contribution in [2.24, 2.45) is 0 Å². The lowest BCUT2D eigenvalue weighted by molar-refractivity contribution is 0.0746. The van der Waals surface area contributed by atoms with Gasteiger partial charge in [0.25, 0.3) is 5.91 Å². The lowest BCUT2D eigenvalue weighted by Gasteiger charge is -2.35. The fraction of sp³-hybridized carbons (Fsp3) is 0.250. The van der Waals surface area contributed by atoms with E-state index in [-0.39, 0.29) is 5.91 Å². The number of carbonyl (C=O) groups is 1. The summed E-state index contributed by atoms with van der Waals surface area (Å²) in [6, 6.07) is 12.7. The molecule has 1 aliphatic rings. The molecule has 0 saturated carbocycles. The van der Waals surface area contributed by atoms with E-state index in [1.54, 1.807) is 49.6 Å². The summed E-state index contributed by atoms with van der Waals surface area (Å²) < 4.78 is 12.4. The van der Waals surface area contributed by atoms with Gasteiger partial charge in [0, 0.05) is 36.8 Å². The molecule has 2 aromatic heterocycles. The van der Waals surface area contributed by atoms with E-state index in [1.807, 2.05) is 29.2 Å². The van der Waals surface area contributed by atoms with E-state index in [0.717, 1.165) is 16.9 Å². The zero-order valence-electron chi connectivity index (χ0n) is 18.8. The second-order valence-electron chi connectivity index (χ2n) is 7.82. The first-order valence-electron chi connectivity index (χ1n) is 10.8. The molecule has 1 aliphatic heterocycles. The van der Waals surface area contributed by atoms with Crippen LogP contribution in [0.5, 0.6) is 11.5 Å². The lowest BCUT2D eigenvalue weighted by atomic mass is 10.1. The maximum Gasteiger partial charge on any atom is 0.254 e. The van der Waals surface area contributed by atoms with Crippen molar-refractivity contribution >= 4 is 34.4 Å². The molecule has 10 heteroatoms. The maximum absolute atomic E-state index is 13.1. The lowest BCUT2D eigenvalue weighted by Crippen LogP contribution is -2.49. The predicted octanol–water partition coefficient (Wildman–Crippen LogP) is 3.45. The van der Waals surface area contributed by atoms with E-state index in [4.69, 9.17) is 21.1 Å². The average Bonchev–Trinajstić information content (AvgIpc) is 3.32. The molecule has 0 aliphatic carbocycles. The SMILES string of the molecule is COc1ccc(C(=O)N2CCN(c3ncnc4c3cnn4-c3cccc(Cl)c3)CC2)cc1OC. The molecule has 3 heterocycles. The zero-order valence-corrected chi connectivity index (χ0v) is 19.6. The minimum absolute atomic E-state index is 0.0396. The van der Waals surface area contributed by atoms with Gasteiger partial charge in [-0.3, -0.25) is 4.79 Å². The highest BCUT2D eigenvalue weighted by Gasteiger charge is 2.25. The van der Waals surface area contributed by atoms with E-state index < -0.39 is 0 Å². The molecule has 0 spiro atoms. The molecule has 4 aromatic rings. The smallest absolute Gasteiger partial charge is 0.254 e. The highest BCUT2D eigenvalue weighted by Crippen LogP contribution is 2.29. The van der Waals surface area contributed by atoms with Gasteiger partial charge in [-0.1, -0.05) is 17.7 Å². The number of anilines is 1. The van der Waals surface area contributed by atoms with Crippen molar-refractivity contribution in [3.8, 4) is 17.2 Å². The second-order valence-corrected chi connectivity index (χ2v) is 8.26. The number of carbonyl (C=O) groups excluding carboxylic acids is 1. The first kappa shape index (κ1) is 22.0. The number of benzene rings is 2. The van der Waals surface area contributed by atoms with Crippen LogP contribution in [0.15, 0.2) is 55.0 Å². The van der Waals surface area contributed by atoms with Gasteiger partial charge in [0.05, 0.1) is 31.5 Å². The van der Waals surface area contributed by atoms with Crippen molar-refractivity contribution < 1.29 is 14.3 Å². The normalized spacial score (nSPS) is 13.9. The number of amides is 1. The highest BCUT2D eigenvalue weighted by molar-refractivity contribution is 6.30. The summed E-state index contributed by atoms with van der Waals surface area (Å²) in [6.07, 6.45) is 3.31. The minimum atomic E-state index is -0.0396. The van der Waals surface area contributed by atoms with Gasteiger partial charge in [0.15, 0.2) is 17.1 Å². The molecule has 9 nitrogen and oxygen atoms in total. The Labute approximate surface area is 201 Å². The minimum Gasteiger partial charge on any atom is -0.493 e. The van der Waals surface area contributed by atoms with Gasteiger partial charge in [-0.05, 0) is 36.4 Å². The summed E-state index contributed by atoms with van der Waals surface area (Å²) in [5, 5.41) is 6.00. The van der Waals surface area contributed by atoms with Gasteiger partial charge in [-0.25, -0.2) is 14.6 Å². The Hall–Kier alpha value is -3.85. The number of piperazine rings is 1.